The Balaban J connectivity index is 1.57. The van der Waals surface area contributed by atoms with Gasteiger partial charge in [-0.1, -0.05) is 45.0 Å². The lowest BCUT2D eigenvalue weighted by atomic mass is 9.85. The Kier molecular flexibility index (Phi) is 5.95. The summed E-state index contributed by atoms with van der Waals surface area (Å²) in [6, 6.07) is 11.9. The summed E-state index contributed by atoms with van der Waals surface area (Å²) in [4.78, 5) is 29.5. The molecule has 0 unspecified atom stereocenters. The third-order valence-corrected chi connectivity index (χ3v) is 7.27. The smallest absolute Gasteiger partial charge is 0.322 e. The van der Waals surface area contributed by atoms with Crippen LogP contribution in [0.3, 0.4) is 0 Å². The Labute approximate surface area is 194 Å². The van der Waals surface area contributed by atoms with Crippen molar-refractivity contribution in [2.45, 2.75) is 38.6 Å². The fraction of sp³-hybridized carbons (Fsp3) is 0.391. The largest absolute Gasteiger partial charge is 0.332 e. The maximum absolute atomic E-state index is 13.1. The van der Waals surface area contributed by atoms with Crippen molar-refractivity contribution in [3.8, 4) is 0 Å². The molecule has 2 aliphatic rings. The highest BCUT2D eigenvalue weighted by atomic mass is 79.9. The van der Waals surface area contributed by atoms with E-state index >= 15 is 0 Å². The van der Waals surface area contributed by atoms with E-state index in [1.165, 1.54) is 11.1 Å². The van der Waals surface area contributed by atoms with Crippen LogP contribution in [-0.2, 0) is 4.79 Å². The molecule has 7 heteroatoms. The first kappa shape index (κ1) is 21.4. The quantitative estimate of drug-likeness (QED) is 0.524. The number of carbonyl (C=O) groups excluding carboxylic acids is 2. The molecule has 158 valence electrons. The molecule has 2 aromatic carbocycles. The molecule has 4 rings (SSSR count). The van der Waals surface area contributed by atoms with Gasteiger partial charge in [-0.2, -0.15) is 0 Å². The number of hydrogen-bond acceptors (Lipinski definition) is 2. The molecule has 1 N–H and O–H groups in total. The summed E-state index contributed by atoms with van der Waals surface area (Å²) in [5.41, 5.74) is 4.26. The number of amides is 3. The fourth-order valence-electron chi connectivity index (χ4n) is 4.34. The Hall–Kier alpha value is -1.86. The van der Waals surface area contributed by atoms with E-state index in [1.807, 2.05) is 29.2 Å². The van der Waals surface area contributed by atoms with E-state index in [-0.39, 0.29) is 24.5 Å². The van der Waals surface area contributed by atoms with Crippen molar-refractivity contribution in [3.05, 3.63) is 62.0 Å². The zero-order chi connectivity index (χ0) is 21.6. The molecule has 0 aromatic heterocycles. The van der Waals surface area contributed by atoms with E-state index in [1.54, 1.807) is 4.90 Å². The third kappa shape index (κ3) is 3.89. The number of fused-ring (bicyclic) bond motifs is 3. The first-order valence-corrected chi connectivity index (χ1v) is 11.8. The molecule has 0 bridgehead atoms. The van der Waals surface area contributed by atoms with Crippen molar-refractivity contribution in [1.29, 1.82) is 0 Å². The summed E-state index contributed by atoms with van der Waals surface area (Å²) >= 11 is 7.15. The fourth-order valence-corrected chi connectivity index (χ4v) is 5.76. The standard InChI is InChI=1S/C23H25Br2N3O2/c1-13(2)15-8-18(24)22(19(25)9-15)26-23(30)27-11-20-17-7-5-4-6-16(17)14(3)10-28(20)21(29)12-27/h4-9,13-14,20H,10-12H2,1-3H3,(H,26,30)/t14-,20-/m1/s1. The van der Waals surface area contributed by atoms with Crippen LogP contribution in [0, 0.1) is 0 Å². The summed E-state index contributed by atoms with van der Waals surface area (Å²) in [5.74, 6) is 0.672. The second-order valence-electron chi connectivity index (χ2n) is 8.42. The van der Waals surface area contributed by atoms with Gasteiger partial charge in [-0.15, -0.1) is 0 Å². The lowest BCUT2D eigenvalue weighted by molar-refractivity contribution is -0.139. The number of hydrogen-bond donors (Lipinski definition) is 1. The number of nitrogens with one attached hydrogen (secondary N) is 1. The lowest BCUT2D eigenvalue weighted by Gasteiger charge is -2.46. The predicted octanol–water partition coefficient (Wildman–Crippen LogP) is 5.87. The van der Waals surface area contributed by atoms with Gasteiger partial charge >= 0.3 is 6.03 Å². The average Bonchev–Trinajstić information content (AvgIpc) is 2.71. The van der Waals surface area contributed by atoms with Gasteiger partial charge in [0.1, 0.15) is 6.54 Å². The number of nitrogens with zero attached hydrogens (tertiary/aromatic N) is 2. The Morgan fingerprint density at radius 2 is 1.73 bits per heavy atom. The highest BCUT2D eigenvalue weighted by molar-refractivity contribution is 9.11. The molecule has 1 fully saturated rings. The first-order valence-electron chi connectivity index (χ1n) is 10.2. The van der Waals surface area contributed by atoms with Gasteiger partial charge in [0.2, 0.25) is 5.91 Å². The Bertz CT molecular complexity index is 985. The van der Waals surface area contributed by atoms with E-state index in [2.05, 4.69) is 70.1 Å². The summed E-state index contributed by atoms with van der Waals surface area (Å²) in [6.45, 7) is 7.68. The zero-order valence-electron chi connectivity index (χ0n) is 17.3. The number of piperazine rings is 1. The minimum atomic E-state index is -0.266. The van der Waals surface area contributed by atoms with Crippen LogP contribution in [0.1, 0.15) is 55.3 Å². The number of benzene rings is 2. The van der Waals surface area contributed by atoms with Crippen LogP contribution in [0.15, 0.2) is 45.3 Å². The predicted molar refractivity (Wildman–Crippen MR) is 126 cm³/mol. The van der Waals surface area contributed by atoms with Gasteiger partial charge in [0.25, 0.3) is 0 Å². The highest BCUT2D eigenvalue weighted by Crippen LogP contribution is 2.39. The first-order chi connectivity index (χ1) is 14.3. The van der Waals surface area contributed by atoms with Crippen molar-refractivity contribution < 1.29 is 9.59 Å². The number of anilines is 1. The van der Waals surface area contributed by atoms with Crippen LogP contribution < -0.4 is 5.32 Å². The molecule has 30 heavy (non-hydrogen) atoms. The van der Waals surface area contributed by atoms with E-state index in [9.17, 15) is 9.59 Å². The monoisotopic (exact) mass is 533 g/mol. The second kappa shape index (κ2) is 8.35. The van der Waals surface area contributed by atoms with Crippen molar-refractivity contribution in [2.75, 3.05) is 25.0 Å². The number of rotatable bonds is 2. The molecule has 0 saturated carbocycles. The molecule has 5 nitrogen and oxygen atoms in total. The van der Waals surface area contributed by atoms with E-state index < -0.39 is 0 Å². The molecular formula is C23H25Br2N3O2. The molecule has 0 radical (unpaired) electrons. The van der Waals surface area contributed by atoms with Crippen molar-refractivity contribution in [1.82, 2.24) is 9.80 Å². The number of halogens is 2. The number of urea groups is 1. The molecule has 1 saturated heterocycles. The molecule has 3 amide bonds. The molecule has 2 atom stereocenters. The Morgan fingerprint density at radius 3 is 2.37 bits per heavy atom. The summed E-state index contributed by atoms with van der Waals surface area (Å²) in [6.07, 6.45) is 0. The highest BCUT2D eigenvalue weighted by Gasteiger charge is 2.40. The van der Waals surface area contributed by atoms with E-state index in [4.69, 9.17) is 0 Å². The van der Waals surface area contributed by atoms with Crippen LogP contribution in [-0.4, -0.2) is 41.4 Å². The van der Waals surface area contributed by atoms with Gasteiger partial charge in [-0.25, -0.2) is 4.79 Å². The topological polar surface area (TPSA) is 52.7 Å². The van der Waals surface area contributed by atoms with E-state index in [0.29, 0.717) is 30.6 Å². The van der Waals surface area contributed by atoms with Crippen LogP contribution in [0.4, 0.5) is 10.5 Å². The number of carbonyl (C=O) groups is 2. The Morgan fingerprint density at radius 1 is 1.10 bits per heavy atom. The van der Waals surface area contributed by atoms with Gasteiger partial charge in [0.15, 0.2) is 0 Å². The maximum Gasteiger partial charge on any atom is 0.322 e. The molecule has 0 aliphatic carbocycles. The molecule has 2 aromatic rings. The van der Waals surface area contributed by atoms with Crippen molar-refractivity contribution in [3.63, 3.8) is 0 Å². The average molecular weight is 535 g/mol. The molecular weight excluding hydrogens is 510 g/mol. The van der Waals surface area contributed by atoms with Crippen LogP contribution >= 0.6 is 31.9 Å². The molecule has 2 heterocycles. The SMILES string of the molecule is CC(C)c1cc(Br)c(NC(=O)N2CC(=O)N3C[C@@H](C)c4ccccc4[C@H]3C2)c(Br)c1. The lowest BCUT2D eigenvalue weighted by Crippen LogP contribution is -2.56. The van der Waals surface area contributed by atoms with Gasteiger partial charge in [0, 0.05) is 22.0 Å². The van der Waals surface area contributed by atoms with Gasteiger partial charge in [-0.3, -0.25) is 4.79 Å². The van der Waals surface area contributed by atoms with Gasteiger partial charge in [0.05, 0.1) is 11.7 Å². The van der Waals surface area contributed by atoms with Crippen LogP contribution in [0.25, 0.3) is 0 Å². The van der Waals surface area contributed by atoms with Crippen LogP contribution in [0.5, 0.6) is 0 Å². The second-order valence-corrected chi connectivity index (χ2v) is 10.1. The summed E-state index contributed by atoms with van der Waals surface area (Å²) < 4.78 is 1.63. The zero-order valence-corrected chi connectivity index (χ0v) is 20.5. The van der Waals surface area contributed by atoms with Crippen molar-refractivity contribution in [2.24, 2.45) is 0 Å². The van der Waals surface area contributed by atoms with Crippen LogP contribution in [0.2, 0.25) is 0 Å². The minimum absolute atomic E-state index is 0.00367. The molecule has 0 spiro atoms. The minimum Gasteiger partial charge on any atom is -0.332 e. The van der Waals surface area contributed by atoms with Gasteiger partial charge < -0.3 is 15.1 Å². The normalized spacial score (nSPS) is 20.8. The van der Waals surface area contributed by atoms with E-state index in [0.717, 1.165) is 14.5 Å². The van der Waals surface area contributed by atoms with Gasteiger partial charge in [-0.05, 0) is 72.5 Å². The summed E-state index contributed by atoms with van der Waals surface area (Å²) in [5, 5.41) is 2.99. The van der Waals surface area contributed by atoms with Crippen molar-refractivity contribution >= 4 is 49.5 Å². The molecule has 2 aliphatic heterocycles. The summed E-state index contributed by atoms with van der Waals surface area (Å²) in [7, 11) is 0. The third-order valence-electron chi connectivity index (χ3n) is 6.02. The maximum atomic E-state index is 13.1.